The van der Waals surface area contributed by atoms with Crippen LogP contribution in [-0.2, 0) is 6.42 Å². The SMILES string of the molecule is CCCCCNc1nc(CC)nc(NN)c1C. The van der Waals surface area contributed by atoms with E-state index in [1.165, 1.54) is 12.8 Å². The smallest absolute Gasteiger partial charge is 0.148 e. The molecule has 0 aliphatic rings. The Morgan fingerprint density at radius 3 is 2.41 bits per heavy atom. The minimum absolute atomic E-state index is 0.704. The molecule has 0 bridgehead atoms. The van der Waals surface area contributed by atoms with Crippen molar-refractivity contribution in [3.8, 4) is 0 Å². The molecule has 0 aliphatic heterocycles. The predicted molar refractivity (Wildman–Crippen MR) is 72.0 cm³/mol. The fourth-order valence-corrected chi connectivity index (χ4v) is 1.62. The molecule has 0 saturated heterocycles. The Kier molecular flexibility index (Phi) is 5.69. The third kappa shape index (κ3) is 3.85. The van der Waals surface area contributed by atoms with Crippen LogP contribution in [0.1, 0.15) is 44.5 Å². The molecule has 0 fully saturated rings. The molecule has 0 radical (unpaired) electrons. The molecule has 0 spiro atoms. The lowest BCUT2D eigenvalue weighted by molar-refractivity contribution is 0.741. The number of nitrogens with zero attached hydrogens (tertiary/aromatic N) is 2. The Morgan fingerprint density at radius 2 is 1.82 bits per heavy atom. The van der Waals surface area contributed by atoms with Crippen LogP contribution < -0.4 is 16.6 Å². The van der Waals surface area contributed by atoms with Gasteiger partial charge in [0.25, 0.3) is 0 Å². The molecule has 0 atom stereocenters. The van der Waals surface area contributed by atoms with Gasteiger partial charge in [0.2, 0.25) is 0 Å². The van der Waals surface area contributed by atoms with Crippen molar-refractivity contribution in [3.63, 3.8) is 0 Å². The van der Waals surface area contributed by atoms with Gasteiger partial charge in [0, 0.05) is 18.5 Å². The summed E-state index contributed by atoms with van der Waals surface area (Å²) in [5, 5.41) is 3.35. The Hall–Kier alpha value is -1.36. The van der Waals surface area contributed by atoms with E-state index in [1.54, 1.807) is 0 Å². The average Bonchev–Trinajstić information content (AvgIpc) is 2.36. The Bertz CT molecular complexity index is 351. The van der Waals surface area contributed by atoms with Crippen molar-refractivity contribution in [1.29, 1.82) is 0 Å². The fraction of sp³-hybridized carbons (Fsp3) is 0.667. The fourth-order valence-electron chi connectivity index (χ4n) is 1.62. The van der Waals surface area contributed by atoms with Crippen molar-refractivity contribution in [1.82, 2.24) is 9.97 Å². The summed E-state index contributed by atoms with van der Waals surface area (Å²) in [7, 11) is 0. The summed E-state index contributed by atoms with van der Waals surface area (Å²) in [5.41, 5.74) is 3.59. The highest BCUT2D eigenvalue weighted by Gasteiger charge is 2.08. The van der Waals surface area contributed by atoms with Gasteiger partial charge in [-0.3, -0.25) is 0 Å². The second-order valence-corrected chi connectivity index (χ2v) is 4.09. The van der Waals surface area contributed by atoms with Crippen LogP contribution in [0.15, 0.2) is 0 Å². The number of nitrogens with one attached hydrogen (secondary N) is 2. The number of unbranched alkanes of at least 4 members (excludes halogenated alkanes) is 2. The zero-order valence-corrected chi connectivity index (χ0v) is 11.0. The molecule has 0 aromatic carbocycles. The first-order valence-corrected chi connectivity index (χ1v) is 6.30. The second kappa shape index (κ2) is 7.06. The third-order valence-corrected chi connectivity index (χ3v) is 2.72. The van der Waals surface area contributed by atoms with Gasteiger partial charge in [0.05, 0.1) is 0 Å². The van der Waals surface area contributed by atoms with Crippen LogP contribution in [0.25, 0.3) is 0 Å². The summed E-state index contributed by atoms with van der Waals surface area (Å²) < 4.78 is 0. The summed E-state index contributed by atoms with van der Waals surface area (Å²) in [4.78, 5) is 8.81. The normalized spacial score (nSPS) is 10.4. The molecule has 1 aromatic heterocycles. The van der Waals surface area contributed by atoms with E-state index in [4.69, 9.17) is 5.84 Å². The molecule has 0 aliphatic carbocycles. The van der Waals surface area contributed by atoms with E-state index in [0.717, 1.165) is 36.6 Å². The summed E-state index contributed by atoms with van der Waals surface area (Å²) in [6, 6.07) is 0. The summed E-state index contributed by atoms with van der Waals surface area (Å²) in [6.07, 6.45) is 4.42. The molecule has 1 heterocycles. The van der Waals surface area contributed by atoms with E-state index in [0.29, 0.717) is 5.82 Å². The maximum absolute atomic E-state index is 5.45. The summed E-state index contributed by atoms with van der Waals surface area (Å²) in [5.74, 6) is 7.85. The van der Waals surface area contributed by atoms with Gasteiger partial charge in [-0.25, -0.2) is 15.8 Å². The van der Waals surface area contributed by atoms with Gasteiger partial charge in [-0.15, -0.1) is 0 Å². The highest BCUT2D eigenvalue weighted by molar-refractivity contribution is 5.56. The van der Waals surface area contributed by atoms with Crippen molar-refractivity contribution in [2.75, 3.05) is 17.3 Å². The first kappa shape index (κ1) is 13.7. The number of rotatable bonds is 7. The molecular formula is C12H23N5. The minimum atomic E-state index is 0.704. The van der Waals surface area contributed by atoms with Gasteiger partial charge in [-0.05, 0) is 13.3 Å². The first-order chi connectivity index (χ1) is 8.22. The number of hydrazine groups is 1. The van der Waals surface area contributed by atoms with Crippen molar-refractivity contribution in [2.45, 2.75) is 46.5 Å². The van der Waals surface area contributed by atoms with Crippen LogP contribution in [-0.4, -0.2) is 16.5 Å². The lowest BCUT2D eigenvalue weighted by Gasteiger charge is -2.12. The Morgan fingerprint density at radius 1 is 1.12 bits per heavy atom. The Balaban J connectivity index is 2.75. The van der Waals surface area contributed by atoms with Crippen molar-refractivity contribution < 1.29 is 0 Å². The number of aryl methyl sites for hydroxylation is 1. The molecule has 96 valence electrons. The highest BCUT2D eigenvalue weighted by atomic mass is 15.3. The average molecular weight is 237 g/mol. The van der Waals surface area contributed by atoms with Crippen molar-refractivity contribution >= 4 is 11.6 Å². The zero-order chi connectivity index (χ0) is 12.7. The standard InChI is InChI=1S/C12H23N5/c1-4-6-7-8-14-11-9(3)12(17-13)16-10(5-2)15-11/h4-8,13H2,1-3H3,(H2,14,15,16,17). The monoisotopic (exact) mass is 237 g/mol. The molecule has 5 heteroatoms. The lowest BCUT2D eigenvalue weighted by Crippen LogP contribution is -2.15. The van der Waals surface area contributed by atoms with Gasteiger partial charge in [-0.1, -0.05) is 26.7 Å². The number of hydrogen-bond acceptors (Lipinski definition) is 5. The Labute approximate surface area is 103 Å². The topological polar surface area (TPSA) is 75.9 Å². The van der Waals surface area contributed by atoms with Crippen molar-refractivity contribution in [2.24, 2.45) is 5.84 Å². The number of aromatic nitrogens is 2. The summed E-state index contributed by atoms with van der Waals surface area (Å²) in [6.45, 7) is 7.14. The van der Waals surface area contributed by atoms with E-state index < -0.39 is 0 Å². The molecule has 0 unspecified atom stereocenters. The molecule has 4 N–H and O–H groups in total. The number of nitrogen functional groups attached to an aromatic ring is 1. The van der Waals surface area contributed by atoms with Crippen LogP contribution in [0, 0.1) is 6.92 Å². The molecule has 1 aromatic rings. The van der Waals surface area contributed by atoms with Crippen LogP contribution in [0.3, 0.4) is 0 Å². The number of nitrogens with two attached hydrogens (primary N) is 1. The largest absolute Gasteiger partial charge is 0.370 e. The molecule has 5 nitrogen and oxygen atoms in total. The van der Waals surface area contributed by atoms with Crippen LogP contribution in [0.4, 0.5) is 11.6 Å². The number of anilines is 2. The second-order valence-electron chi connectivity index (χ2n) is 4.09. The van der Waals surface area contributed by atoms with Crippen LogP contribution >= 0.6 is 0 Å². The van der Waals surface area contributed by atoms with Gasteiger partial charge < -0.3 is 10.7 Å². The van der Waals surface area contributed by atoms with Crippen molar-refractivity contribution in [3.05, 3.63) is 11.4 Å². The van der Waals surface area contributed by atoms with E-state index in [9.17, 15) is 0 Å². The molecular weight excluding hydrogens is 214 g/mol. The number of hydrogen-bond donors (Lipinski definition) is 3. The van der Waals surface area contributed by atoms with Crippen LogP contribution in [0.5, 0.6) is 0 Å². The van der Waals surface area contributed by atoms with Gasteiger partial charge >= 0.3 is 0 Å². The maximum Gasteiger partial charge on any atom is 0.148 e. The quantitative estimate of drug-likeness (QED) is 0.385. The third-order valence-electron chi connectivity index (χ3n) is 2.72. The van der Waals surface area contributed by atoms with Gasteiger partial charge in [0.15, 0.2) is 0 Å². The maximum atomic E-state index is 5.45. The van der Waals surface area contributed by atoms with Gasteiger partial charge in [-0.2, -0.15) is 0 Å². The minimum Gasteiger partial charge on any atom is -0.370 e. The molecule has 0 saturated carbocycles. The highest BCUT2D eigenvalue weighted by Crippen LogP contribution is 2.19. The lowest BCUT2D eigenvalue weighted by atomic mass is 10.2. The van der Waals surface area contributed by atoms with Crippen LogP contribution in [0.2, 0.25) is 0 Å². The predicted octanol–water partition coefficient (Wildman–Crippen LogP) is 2.24. The van der Waals surface area contributed by atoms with E-state index >= 15 is 0 Å². The zero-order valence-electron chi connectivity index (χ0n) is 11.0. The van der Waals surface area contributed by atoms with Gasteiger partial charge in [0.1, 0.15) is 17.5 Å². The first-order valence-electron chi connectivity index (χ1n) is 6.30. The molecule has 0 amide bonds. The van der Waals surface area contributed by atoms with E-state index in [1.807, 2.05) is 13.8 Å². The molecule has 1 rings (SSSR count). The summed E-state index contributed by atoms with van der Waals surface area (Å²) >= 11 is 0. The van der Waals surface area contributed by atoms with E-state index in [-0.39, 0.29) is 0 Å². The van der Waals surface area contributed by atoms with E-state index in [2.05, 4.69) is 27.6 Å². The molecule has 17 heavy (non-hydrogen) atoms.